The van der Waals surface area contributed by atoms with E-state index in [1.165, 1.54) is 89.7 Å². The number of rotatable bonds is 16. The van der Waals surface area contributed by atoms with Crippen molar-refractivity contribution in [1.82, 2.24) is 14.7 Å². The molecule has 3 saturated carbocycles. The first-order chi connectivity index (χ1) is 48.9. The molecule has 106 heavy (non-hydrogen) atoms. The molecule has 0 aromatic heterocycles. The third kappa shape index (κ3) is 36.1. The van der Waals surface area contributed by atoms with E-state index in [0.717, 1.165) is 24.1 Å². The molecule has 597 valence electrons. The van der Waals surface area contributed by atoms with E-state index < -0.39 is 32.6 Å². The Morgan fingerprint density at radius 2 is 0.698 bits per heavy atom. The summed E-state index contributed by atoms with van der Waals surface area (Å²) in [5.74, 6) is 0. The number of benzene rings is 6. The summed E-state index contributed by atoms with van der Waals surface area (Å²) in [6.07, 6.45) is 36.7. The fraction of sp³-hybridized carbons (Fsp3) is 0.414. The van der Waals surface area contributed by atoms with Crippen LogP contribution in [0.3, 0.4) is 0 Å². The van der Waals surface area contributed by atoms with Crippen molar-refractivity contribution < 1.29 is 70.4 Å². The zero-order chi connectivity index (χ0) is 74.0. The predicted octanol–water partition coefficient (Wildman–Crippen LogP) is 20.3. The van der Waals surface area contributed by atoms with Crippen molar-refractivity contribution >= 4 is 87.3 Å². The van der Waals surface area contributed by atoms with Crippen molar-refractivity contribution in [2.45, 2.75) is 201 Å². The first-order valence-electron chi connectivity index (χ1n) is 36.1. The van der Waals surface area contributed by atoms with Crippen molar-refractivity contribution in [3.63, 3.8) is 0 Å². The Balaban J connectivity index is 0.000000425. The van der Waals surface area contributed by atoms with Gasteiger partial charge in [-0.2, -0.15) is 20.0 Å². The standard InChI is InChI=1S/C18H33P.C17H25N2O.2C14H19N2O.3C7H6.3CH3.6ClH.3Ru/c1-4-10-16(11-5-1)19(17-12-6-2-7-13-17)18-14-8-3-9-15-18;1-13-10-14(2)16(15(3)11-13)19-9-8-18(12-19)7-6-17(4,5)20;2*1-11-8-12(2)14(13(3)9-11)16-5-4-15(10-16)6-7-17;3*1-7-5-3-2-4-6-7;;;;;;;;;;;;/h16-18H,1-15H2;8-12,20H,6-7H2,1-5H3;2*4-5,8-10,17H,6-7H2,1-3H3;3*1-6H;3*1H3;6*1H;;;/q;3*-1;;;;3*-1;;;;;;;+1;2*+2/p-5. The van der Waals surface area contributed by atoms with Gasteiger partial charge in [-0.3, -0.25) is 0 Å². The van der Waals surface area contributed by atoms with Crippen LogP contribution in [-0.2, 0) is 42.7 Å². The summed E-state index contributed by atoms with van der Waals surface area (Å²) in [5.41, 5.74) is 21.8. The number of nitrogens with zero attached hydrogens (tertiary/aromatic N) is 6. The van der Waals surface area contributed by atoms with Crippen LogP contribution in [0.2, 0.25) is 0 Å². The number of hydrogen-bond donors (Lipinski definition) is 3. The van der Waals surface area contributed by atoms with E-state index in [4.69, 9.17) is 58.7 Å². The quantitative estimate of drug-likeness (QED) is 0.0499. The summed E-state index contributed by atoms with van der Waals surface area (Å²) < 4.78 is 5.91. The van der Waals surface area contributed by atoms with E-state index in [-0.39, 0.29) is 71.5 Å². The van der Waals surface area contributed by atoms with E-state index in [1.54, 1.807) is 96.3 Å². The third-order valence-corrected chi connectivity index (χ3v) is 28.2. The molecule has 0 radical (unpaired) electrons. The number of aliphatic hydroxyl groups excluding tert-OH is 2. The Hall–Kier alpha value is -3.13. The number of anilines is 3. The summed E-state index contributed by atoms with van der Waals surface area (Å²) in [6, 6.07) is 43.1. The summed E-state index contributed by atoms with van der Waals surface area (Å²) >= 11 is -3.31. The maximum atomic E-state index is 9.80. The van der Waals surface area contributed by atoms with Crippen LogP contribution >= 0.6 is 56.4 Å². The van der Waals surface area contributed by atoms with Crippen molar-refractivity contribution in [3.05, 3.63) is 274 Å². The molecule has 0 saturated heterocycles. The minimum atomic E-state index is -1.61. The number of hydrogen-bond acceptors (Lipinski definition) is 9. The average Bonchev–Trinajstić information content (AvgIpc) is 1.65. The van der Waals surface area contributed by atoms with Crippen LogP contribution < -0.4 is 27.1 Å². The van der Waals surface area contributed by atoms with Gasteiger partial charge < -0.3 is 79.4 Å². The van der Waals surface area contributed by atoms with E-state index in [0.29, 0.717) is 13.1 Å². The first-order valence-corrected chi connectivity index (χ1v) is 52.0. The van der Waals surface area contributed by atoms with Crippen LogP contribution in [0.25, 0.3) is 0 Å². The number of aliphatic hydroxyl groups is 3. The zero-order valence-corrected chi connectivity index (χ0v) is 76.2. The Morgan fingerprint density at radius 3 is 0.943 bits per heavy atom. The van der Waals surface area contributed by atoms with Gasteiger partial charge in [0.05, 0.1) is 35.8 Å². The van der Waals surface area contributed by atoms with E-state index in [2.05, 4.69) is 154 Å². The van der Waals surface area contributed by atoms with Crippen molar-refractivity contribution in [2.24, 2.45) is 0 Å². The van der Waals surface area contributed by atoms with Crippen LogP contribution in [0.5, 0.6) is 0 Å². The van der Waals surface area contributed by atoms with Gasteiger partial charge in [-0.1, -0.05) is 72.4 Å². The molecule has 9 nitrogen and oxygen atoms in total. The van der Waals surface area contributed by atoms with Gasteiger partial charge in [0.2, 0.25) is 0 Å². The van der Waals surface area contributed by atoms with Crippen LogP contribution in [0.4, 0.5) is 17.1 Å². The molecule has 19 heteroatoms. The summed E-state index contributed by atoms with van der Waals surface area (Å²) in [5, 5.41) is 27.6. The normalized spacial score (nSPS) is 15.8. The van der Waals surface area contributed by atoms with Gasteiger partial charge in [0.15, 0.2) is 0 Å². The number of halogens is 6. The summed E-state index contributed by atoms with van der Waals surface area (Å²) in [4.78, 5) is 12.5. The first kappa shape index (κ1) is 98.9. The van der Waals surface area contributed by atoms with Crippen LogP contribution in [0, 0.1) is 105 Å². The van der Waals surface area contributed by atoms with E-state index in [1.807, 2.05) is 150 Å². The molecule has 6 aromatic rings. The van der Waals surface area contributed by atoms with Crippen LogP contribution in [-0.4, -0.2) is 99.3 Å². The molecule has 3 aliphatic heterocycles. The molecule has 6 aromatic carbocycles. The topological polar surface area (TPSA) is 80.1 Å². The Morgan fingerprint density at radius 1 is 0.434 bits per heavy atom. The number of β-amino-alcohol motifs (C(OH)–C–C–N with tert-alkyl or cyclic N) is 2. The molecule has 0 unspecified atom stereocenters. The Labute approximate surface area is 688 Å². The third-order valence-electron chi connectivity index (χ3n) is 18.6. The molecule has 6 aliphatic rings. The van der Waals surface area contributed by atoms with Crippen molar-refractivity contribution in [3.8, 4) is 0 Å². The van der Waals surface area contributed by atoms with Gasteiger partial charge in [-0.15, -0.1) is 0 Å². The summed E-state index contributed by atoms with van der Waals surface area (Å²) in [7, 11) is 28.2. The molecule has 3 heterocycles. The molecule has 0 spiro atoms. The van der Waals surface area contributed by atoms with Gasteiger partial charge >= 0.3 is 213 Å². The second-order valence-corrected chi connectivity index (χ2v) is 44.7. The minimum absolute atomic E-state index is 0. The molecular formula is C87H124Cl6N6O3PRu3-6. The molecule has 3 aliphatic carbocycles. The Kier molecular flexibility index (Phi) is 50.2. The fourth-order valence-electron chi connectivity index (χ4n) is 14.4. The van der Waals surface area contributed by atoms with Gasteiger partial charge in [0.1, 0.15) is 0 Å². The van der Waals surface area contributed by atoms with Gasteiger partial charge in [-0.05, 0) is 237 Å². The maximum absolute atomic E-state index is 9.80. The van der Waals surface area contributed by atoms with E-state index in [9.17, 15) is 5.11 Å². The number of aryl methyl sites for hydroxylation is 9. The van der Waals surface area contributed by atoms with Crippen LogP contribution in [0.1, 0.15) is 183 Å². The zero-order valence-electron chi connectivity index (χ0n) is 65.5. The second-order valence-electron chi connectivity index (χ2n) is 28.0. The van der Waals surface area contributed by atoms with E-state index >= 15 is 0 Å². The fourth-order valence-corrected chi connectivity index (χ4v) is 24.4. The Bertz CT molecular complexity index is 3370. The van der Waals surface area contributed by atoms with Gasteiger partial charge in [0, 0.05) is 38.1 Å². The molecule has 3 N–H and O–H groups in total. The van der Waals surface area contributed by atoms with Crippen LogP contribution in [0.15, 0.2) is 165 Å². The molecular weight excluding hydrogens is 1720 g/mol. The molecule has 0 bridgehead atoms. The second kappa shape index (κ2) is 53.7. The van der Waals surface area contributed by atoms with Gasteiger partial charge in [-0.25, -0.2) is 0 Å². The van der Waals surface area contributed by atoms with Crippen molar-refractivity contribution in [2.75, 3.05) is 47.5 Å². The average molecular weight is 1850 g/mol. The molecule has 0 amide bonds. The molecule has 0 atom stereocenters. The SMILES string of the molecule is C1CCC([PH+](C2CCCCC2)C2CCCCC2)CC1.Cc1cc(C)c(N2C=CN(CCC(C)(C)O)[CH-]2)c(C)c1.Cc1cc(C)c(N2C=CN(CCO)[CH-]2)c(C)c1.Cc1cc(C)c(N2C=CN(CCO)[CH-]2)c(C)c1.[CH3-].[CH3-].[CH3-].[Cl-].[Cl][Ru]([Cl])=[CH]c1ccccc1.[Cl][Ru]([Cl])=[CH]c1ccccc1.[Cl][Ru]=[CH]c1ccccc1. The molecule has 12 rings (SSSR count). The van der Waals surface area contributed by atoms with Crippen molar-refractivity contribution in [1.29, 1.82) is 0 Å². The molecule has 3 fully saturated rings. The summed E-state index contributed by atoms with van der Waals surface area (Å²) in [6.45, 7) is 31.4. The monoisotopic (exact) mass is 1850 g/mol. The predicted molar refractivity (Wildman–Crippen MR) is 457 cm³/mol. The van der Waals surface area contributed by atoms with Gasteiger partial charge in [0.25, 0.3) is 0 Å².